The molecular formula is C81H87Br2FIN9O15S7Y7-14. The molecule has 42 heteroatoms. The number of carbonyl (C=O) groups is 1. The Morgan fingerprint density at radius 2 is 0.618 bits per heavy atom. The van der Waals surface area contributed by atoms with Crippen LogP contribution in [0.1, 0.15) is 6.92 Å². The maximum absolute atomic E-state index is 13.4. The fourth-order valence-corrected chi connectivity index (χ4v) is 17.7. The SMILES string of the molecule is C[N-]S(=O)(=O)c1ccc(Br)c2ccccc12.C[N-]S(=O)(=O)c1ccc(Br)cc1.C[N-]S(=O)(=O)c1ccc(F)c2ccccc12.C[N-]S(=O)(=O)c1ccc(NC(C)=O)c2ccccc12.C[N-]S(=O)(=O)c1cccc2c(I)cccc12.C[N-]S(=O)(=O)c1cccc2ccccc12.C[N-]S(=O)(=O)c1cccc2cccnc12.[CH3-].[CH3-].[CH3-].[CH3-].[CH3-].[CH3-].[CH3-].[Y].[Y].[Y].[Y].[Y].[Y].[Y]. The van der Waals surface area contributed by atoms with Crippen molar-refractivity contribution in [1.29, 1.82) is 0 Å². The van der Waals surface area contributed by atoms with Crippen LogP contribution in [0.3, 0.4) is 0 Å². The number of benzene rings is 12. The van der Waals surface area contributed by atoms with Gasteiger partial charge in [0.15, 0.2) is 0 Å². The van der Waals surface area contributed by atoms with E-state index in [0.717, 1.165) is 45.5 Å². The average molecular weight is 2580 g/mol. The van der Waals surface area contributed by atoms with E-state index in [9.17, 15) is 68.1 Å². The second kappa shape index (κ2) is 63.7. The Morgan fingerprint density at radius 1 is 0.317 bits per heavy atom. The Morgan fingerprint density at radius 3 is 1.07 bits per heavy atom. The summed E-state index contributed by atoms with van der Waals surface area (Å²) in [6.45, 7) is 1.40. The molecule has 1 heterocycles. The van der Waals surface area contributed by atoms with Crippen molar-refractivity contribution in [2.24, 2.45) is 0 Å². The monoisotopic (exact) mass is 2580 g/mol. The molecule has 13 aromatic rings. The summed E-state index contributed by atoms with van der Waals surface area (Å²) in [5.41, 5.74) is 1.05. The Balaban J connectivity index is -0.000000206. The van der Waals surface area contributed by atoms with Crippen LogP contribution in [-0.4, -0.2) is 119 Å². The smallest absolute Gasteiger partial charge is 0.221 e. The number of nitrogens with one attached hydrogen (secondary N) is 1. The topological polar surface area (TPSA) is 380 Å². The zero-order valence-electron chi connectivity index (χ0n) is 69.8. The van der Waals surface area contributed by atoms with Gasteiger partial charge in [-0.25, -0.2) is 63.3 Å². The number of hydrogen-bond donors (Lipinski definition) is 1. The van der Waals surface area contributed by atoms with Crippen molar-refractivity contribution in [3.05, 3.63) is 352 Å². The van der Waals surface area contributed by atoms with Crippen molar-refractivity contribution in [3.8, 4) is 0 Å². The van der Waals surface area contributed by atoms with Crippen molar-refractivity contribution in [2.45, 2.75) is 41.2 Å². The van der Waals surface area contributed by atoms with E-state index in [-0.39, 0.29) is 327 Å². The first-order chi connectivity index (χ1) is 51.5. The maximum atomic E-state index is 13.4. The number of hydrogen-bond acceptors (Lipinski definition) is 16. The van der Waals surface area contributed by atoms with Gasteiger partial charge in [0, 0.05) is 292 Å². The van der Waals surface area contributed by atoms with Crippen LogP contribution in [0.25, 0.3) is 97.8 Å². The Kier molecular flexibility index (Phi) is 71.4. The number of fused-ring (bicyclic) bond motifs is 6. The largest absolute Gasteiger partial charge is 0.547 e. The summed E-state index contributed by atoms with van der Waals surface area (Å²) in [6, 6.07) is 67.7. The molecule has 123 heavy (non-hydrogen) atoms. The number of aromatic nitrogens is 1. The van der Waals surface area contributed by atoms with Crippen molar-refractivity contribution in [3.63, 3.8) is 0 Å². The van der Waals surface area contributed by atoms with Crippen LogP contribution in [0.5, 0.6) is 0 Å². The standard InChI is InChI=1S/C13H13N2O3S.C11H9BrNO2S.C11H9FNO2S.C11H9INO2S.C11H10NO2S.C10H9N2O2S.C7H7BrNO2S.7CH3.7Y/c1-9(16)15-12-7-8-13(19(17,18)14-2)11-6-4-3-5-10(11)12;2*1-13-16(14,15)11-7-6-10(12)8-4-2-3-5-9(8)11;1-13-16(14,15)11-7-3-4-8-9(11)5-2-6-10(8)12;1-12-15(13,14)11-8-4-6-9-5-2-3-7-10(9)11;1-11-15(13,14)9-6-2-4-8-5-3-7-12-10(8)9;1-9-12(10,11)7-4-2-6(8)3-5-7;;;;;;;;;;;;;;/h3-8H,1-2H3,(H,15,16);3*2-7H,1H3;2-8H,1H3;2-7H,1H3;2-5H,1H3;7*1H3;;;;;;;/q14*-1;;;;;;;. The predicted octanol–water partition coefficient (Wildman–Crippen LogP) is 21.3. The number of rotatable bonds is 15. The molecule has 0 saturated heterocycles. The zero-order valence-corrected chi connectivity index (χ0v) is 101. The van der Waals surface area contributed by atoms with E-state index in [1.54, 1.807) is 140 Å². The van der Waals surface area contributed by atoms with E-state index in [0.29, 0.717) is 38.1 Å². The zero-order chi connectivity index (χ0) is 80.3. The van der Waals surface area contributed by atoms with E-state index in [4.69, 9.17) is 0 Å². The molecule has 7 radical (unpaired) electrons. The maximum Gasteiger partial charge on any atom is 0.221 e. The first kappa shape index (κ1) is 138. The molecule has 0 unspecified atom stereocenters. The molecule has 0 saturated carbocycles. The fourth-order valence-electron chi connectivity index (χ4n) is 10.2. The number of carbonyl (C=O) groups excluding carboxylic acids is 1. The van der Waals surface area contributed by atoms with Gasteiger partial charge in [-0.3, -0.25) is 9.78 Å². The van der Waals surface area contributed by atoms with Gasteiger partial charge in [-0.1, -0.05) is 184 Å². The molecule has 24 nitrogen and oxygen atoms in total. The van der Waals surface area contributed by atoms with Crippen molar-refractivity contribution < 1.29 is 297 Å². The van der Waals surface area contributed by atoms with Crippen LogP contribution in [0, 0.1) is 61.4 Å². The van der Waals surface area contributed by atoms with Gasteiger partial charge in [-0.2, -0.15) is 49.3 Å². The van der Waals surface area contributed by atoms with Gasteiger partial charge in [0.05, 0.1) is 34.9 Å². The van der Waals surface area contributed by atoms with Gasteiger partial charge in [0.2, 0.25) is 5.91 Å². The molecule has 0 fully saturated rings. The molecule has 13 rings (SSSR count). The van der Waals surface area contributed by atoms with Gasteiger partial charge in [-0.05, 0) is 146 Å². The molecule has 0 aliphatic rings. The summed E-state index contributed by atoms with van der Waals surface area (Å²) in [7, 11) is -16.0. The van der Waals surface area contributed by atoms with E-state index in [1.165, 1.54) is 86.6 Å². The van der Waals surface area contributed by atoms with Crippen LogP contribution < -0.4 is 5.32 Å². The molecule has 12 aromatic carbocycles. The minimum absolute atomic E-state index is 0. The third-order valence-electron chi connectivity index (χ3n) is 15.5. The molecule has 0 aliphatic carbocycles. The number of para-hydroxylation sites is 1. The van der Waals surface area contributed by atoms with Crippen LogP contribution in [0.4, 0.5) is 10.1 Å². The molecule has 0 atom stereocenters. The number of halogens is 4. The van der Waals surface area contributed by atoms with Crippen molar-refractivity contribution in [2.75, 3.05) is 54.7 Å². The van der Waals surface area contributed by atoms with Gasteiger partial charge in [-0.15, -0.1) is 0 Å². The summed E-state index contributed by atoms with van der Waals surface area (Å²) in [6.07, 6.45) is 1.57. The molecule has 0 bridgehead atoms. The summed E-state index contributed by atoms with van der Waals surface area (Å²) in [5, 5.41) is 10.2. The fraction of sp³-hybridized carbons (Fsp3) is 0.0988. The number of amides is 1. The molecule has 1 N–H and O–H groups in total. The molecule has 1 aromatic heterocycles. The Hall–Kier alpha value is -0.463. The number of pyridine rings is 1. The summed E-state index contributed by atoms with van der Waals surface area (Å²) < 4.78 is 203. The van der Waals surface area contributed by atoms with E-state index in [1.807, 2.05) is 72.8 Å². The Labute approximate surface area is 935 Å². The molecular weight excluding hydrogens is 2490 g/mol. The molecule has 1 amide bonds. The van der Waals surface area contributed by atoms with Gasteiger partial charge in [0.1, 0.15) is 76.0 Å². The first-order valence-electron chi connectivity index (χ1n) is 31.4. The third kappa shape index (κ3) is 37.7. The number of nitrogens with zero attached hydrogens (tertiary/aromatic N) is 8. The van der Waals surface area contributed by atoms with Gasteiger partial charge < -0.3 is 90.4 Å². The van der Waals surface area contributed by atoms with Gasteiger partial charge in [0.25, 0.3) is 0 Å². The van der Waals surface area contributed by atoms with Crippen LogP contribution in [0.15, 0.2) is 292 Å². The summed E-state index contributed by atoms with van der Waals surface area (Å²) in [4.78, 5) is 16.5. The molecule has 0 spiro atoms. The molecule has 0 aliphatic heterocycles. The average Bonchev–Trinajstić information content (AvgIpc) is 0.798. The normalized spacial score (nSPS) is 10.4. The van der Waals surface area contributed by atoms with E-state index >= 15 is 0 Å². The van der Waals surface area contributed by atoms with E-state index in [2.05, 4.69) is 97.8 Å². The van der Waals surface area contributed by atoms with Crippen LogP contribution >= 0.6 is 54.5 Å². The third-order valence-corrected chi connectivity index (χ3v) is 27.3. The second-order valence-electron chi connectivity index (χ2n) is 22.0. The van der Waals surface area contributed by atoms with Gasteiger partial charge >= 0.3 is 0 Å². The van der Waals surface area contributed by atoms with Crippen molar-refractivity contribution >= 4 is 201 Å². The minimum Gasteiger partial charge on any atom is -0.547 e. The van der Waals surface area contributed by atoms with Crippen molar-refractivity contribution in [1.82, 2.24) is 4.98 Å². The minimum atomic E-state index is -3.68. The Bertz CT molecular complexity index is 6060. The summed E-state index contributed by atoms with van der Waals surface area (Å²) in [5.74, 6) is -0.647. The van der Waals surface area contributed by atoms with Crippen LogP contribution in [0.2, 0.25) is 0 Å². The van der Waals surface area contributed by atoms with E-state index < -0.39 is 76.0 Å². The predicted molar refractivity (Wildman–Crippen MR) is 490 cm³/mol. The second-order valence-corrected chi connectivity index (χ2v) is 37.2. The number of anilines is 1. The first-order valence-corrected chi connectivity index (χ1v) is 44.2. The molecule has 651 valence electrons. The quantitative estimate of drug-likeness (QED) is 0.0736. The van der Waals surface area contributed by atoms with Crippen LogP contribution in [-0.2, 0) is 304 Å². The number of sulfonamides is 7. The summed E-state index contributed by atoms with van der Waals surface area (Å²) >= 11 is 8.79.